The number of alkyl halides is 1. The summed E-state index contributed by atoms with van der Waals surface area (Å²) in [6, 6.07) is 10.3. The number of hydrogen-bond acceptors (Lipinski definition) is 2. The summed E-state index contributed by atoms with van der Waals surface area (Å²) in [5.74, 6) is 0.599. The van der Waals surface area contributed by atoms with E-state index in [0.29, 0.717) is 12.5 Å². The van der Waals surface area contributed by atoms with E-state index in [1.165, 1.54) is 5.57 Å². The Morgan fingerprint density at radius 1 is 1.27 bits per heavy atom. The summed E-state index contributed by atoms with van der Waals surface area (Å²) in [7, 11) is 0. The van der Waals surface area contributed by atoms with E-state index in [1.807, 2.05) is 18.2 Å². The Bertz CT molecular complexity index is 572. The van der Waals surface area contributed by atoms with Gasteiger partial charge in [-0.25, -0.2) is 0 Å². The normalized spacial score (nSPS) is 18.9. The number of allylic oxidation sites excluding steroid dienone is 3. The molecule has 0 amide bonds. The van der Waals surface area contributed by atoms with E-state index in [2.05, 4.69) is 43.8 Å². The first-order valence-corrected chi connectivity index (χ1v) is 8.25. The van der Waals surface area contributed by atoms with Crippen LogP contribution in [0.2, 0.25) is 0 Å². The Morgan fingerprint density at radius 2 is 2.00 bits per heavy atom. The fraction of sp³-hybridized carbons (Fsp3) is 0.421. The SMILES string of the molecule is C=C(C1=C/C(=N/OCCCCl)CC(C)(C)C1)c1ccccc1. The van der Waals surface area contributed by atoms with Gasteiger partial charge in [-0.2, -0.15) is 0 Å². The summed E-state index contributed by atoms with van der Waals surface area (Å²) in [6.45, 7) is 9.36. The molecule has 1 aliphatic rings. The first-order chi connectivity index (χ1) is 10.5. The highest BCUT2D eigenvalue weighted by Crippen LogP contribution is 2.39. The van der Waals surface area contributed by atoms with Crippen molar-refractivity contribution < 1.29 is 4.84 Å². The Morgan fingerprint density at radius 3 is 2.68 bits per heavy atom. The number of nitrogens with zero attached hydrogens (tertiary/aromatic N) is 1. The smallest absolute Gasteiger partial charge is 0.118 e. The molecular formula is C19H24ClNO. The van der Waals surface area contributed by atoms with Crippen LogP contribution in [0, 0.1) is 5.41 Å². The molecule has 0 aromatic heterocycles. The van der Waals surface area contributed by atoms with Crippen molar-refractivity contribution in [1.29, 1.82) is 0 Å². The Labute approximate surface area is 138 Å². The minimum Gasteiger partial charge on any atom is -0.396 e. The van der Waals surface area contributed by atoms with Crippen molar-refractivity contribution in [2.75, 3.05) is 12.5 Å². The van der Waals surface area contributed by atoms with E-state index in [0.717, 1.165) is 36.1 Å². The van der Waals surface area contributed by atoms with Crippen molar-refractivity contribution in [2.24, 2.45) is 10.6 Å². The standard InChI is InChI=1S/C19H24ClNO/c1-15(16-8-5-4-6-9-16)17-12-18(14-19(2,3)13-17)21-22-11-7-10-20/h4-6,8-9,12H,1,7,10-11,13-14H2,2-3H3/b21-18-. The van der Waals surface area contributed by atoms with E-state index in [9.17, 15) is 0 Å². The first-order valence-electron chi connectivity index (χ1n) is 7.72. The second kappa shape index (κ2) is 7.64. The van der Waals surface area contributed by atoms with Gasteiger partial charge in [0.05, 0.1) is 5.71 Å². The molecular weight excluding hydrogens is 294 g/mol. The molecule has 0 saturated carbocycles. The van der Waals surface area contributed by atoms with E-state index < -0.39 is 0 Å². The summed E-state index contributed by atoms with van der Waals surface area (Å²) in [5.41, 5.74) is 4.62. The van der Waals surface area contributed by atoms with Crippen LogP contribution in [-0.4, -0.2) is 18.2 Å². The molecule has 1 aromatic rings. The largest absolute Gasteiger partial charge is 0.396 e. The Hall–Kier alpha value is -1.54. The van der Waals surface area contributed by atoms with E-state index in [1.54, 1.807) is 0 Å². The summed E-state index contributed by atoms with van der Waals surface area (Å²) < 4.78 is 0. The number of halogens is 1. The van der Waals surface area contributed by atoms with Gasteiger partial charge in [0, 0.05) is 5.88 Å². The van der Waals surface area contributed by atoms with Crippen LogP contribution in [0.1, 0.15) is 38.7 Å². The maximum Gasteiger partial charge on any atom is 0.118 e. The molecule has 0 radical (unpaired) electrons. The van der Waals surface area contributed by atoms with Crippen molar-refractivity contribution in [2.45, 2.75) is 33.1 Å². The average molecular weight is 318 g/mol. The zero-order valence-electron chi connectivity index (χ0n) is 13.4. The van der Waals surface area contributed by atoms with Crippen LogP contribution in [0.3, 0.4) is 0 Å². The number of benzene rings is 1. The Kier molecular flexibility index (Phi) is 5.84. The molecule has 3 heteroatoms. The molecule has 0 spiro atoms. The maximum absolute atomic E-state index is 5.65. The van der Waals surface area contributed by atoms with Crippen LogP contribution in [0.25, 0.3) is 5.57 Å². The highest BCUT2D eigenvalue weighted by atomic mass is 35.5. The molecule has 0 heterocycles. The summed E-state index contributed by atoms with van der Waals surface area (Å²) >= 11 is 5.65. The maximum atomic E-state index is 5.65. The minimum atomic E-state index is 0.163. The molecule has 1 aromatic carbocycles. The van der Waals surface area contributed by atoms with Gasteiger partial charge in [0.1, 0.15) is 6.61 Å². The van der Waals surface area contributed by atoms with Crippen LogP contribution in [0.5, 0.6) is 0 Å². The lowest BCUT2D eigenvalue weighted by Crippen LogP contribution is -2.22. The van der Waals surface area contributed by atoms with Gasteiger partial charge in [0.25, 0.3) is 0 Å². The molecule has 0 aliphatic heterocycles. The fourth-order valence-corrected chi connectivity index (χ4v) is 2.81. The van der Waals surface area contributed by atoms with Gasteiger partial charge in [0.2, 0.25) is 0 Å². The third-order valence-corrected chi connectivity index (χ3v) is 4.00. The molecule has 0 atom stereocenters. The second-order valence-electron chi connectivity index (χ2n) is 6.49. The van der Waals surface area contributed by atoms with Crippen LogP contribution >= 0.6 is 11.6 Å². The van der Waals surface area contributed by atoms with Crippen molar-refractivity contribution in [3.05, 3.63) is 54.1 Å². The van der Waals surface area contributed by atoms with Crippen LogP contribution in [0.15, 0.2) is 53.7 Å². The van der Waals surface area contributed by atoms with Gasteiger partial charge >= 0.3 is 0 Å². The monoisotopic (exact) mass is 317 g/mol. The second-order valence-corrected chi connectivity index (χ2v) is 6.87. The predicted molar refractivity (Wildman–Crippen MR) is 95.3 cm³/mol. The molecule has 2 rings (SSSR count). The molecule has 22 heavy (non-hydrogen) atoms. The van der Waals surface area contributed by atoms with Gasteiger partial charge < -0.3 is 4.84 Å². The molecule has 2 nitrogen and oxygen atoms in total. The van der Waals surface area contributed by atoms with Gasteiger partial charge in [-0.3, -0.25) is 0 Å². The molecule has 118 valence electrons. The number of oxime groups is 1. The van der Waals surface area contributed by atoms with Crippen molar-refractivity contribution in [1.82, 2.24) is 0 Å². The third-order valence-electron chi connectivity index (χ3n) is 3.73. The summed E-state index contributed by atoms with van der Waals surface area (Å²) in [6.07, 6.45) is 4.86. The van der Waals surface area contributed by atoms with Gasteiger partial charge in [-0.15, -0.1) is 11.6 Å². The Balaban J connectivity index is 2.18. The topological polar surface area (TPSA) is 21.6 Å². The fourth-order valence-electron chi connectivity index (χ4n) is 2.70. The highest BCUT2D eigenvalue weighted by Gasteiger charge is 2.28. The van der Waals surface area contributed by atoms with Gasteiger partial charge in [0.15, 0.2) is 0 Å². The van der Waals surface area contributed by atoms with E-state index in [4.69, 9.17) is 16.4 Å². The van der Waals surface area contributed by atoms with E-state index >= 15 is 0 Å². The lowest BCUT2D eigenvalue weighted by Gasteiger charge is -2.31. The lowest BCUT2D eigenvalue weighted by molar-refractivity contribution is 0.144. The highest BCUT2D eigenvalue weighted by molar-refractivity contribution is 6.17. The van der Waals surface area contributed by atoms with Gasteiger partial charge in [-0.05, 0) is 47.5 Å². The molecule has 1 aliphatic carbocycles. The molecule has 0 fully saturated rings. The minimum absolute atomic E-state index is 0.163. The van der Waals surface area contributed by atoms with Gasteiger partial charge in [-0.1, -0.05) is 55.9 Å². The lowest BCUT2D eigenvalue weighted by atomic mass is 9.74. The van der Waals surface area contributed by atoms with Crippen molar-refractivity contribution in [3.8, 4) is 0 Å². The molecule has 0 bridgehead atoms. The van der Waals surface area contributed by atoms with Crippen LogP contribution < -0.4 is 0 Å². The molecule has 0 saturated heterocycles. The summed E-state index contributed by atoms with van der Waals surface area (Å²) in [5, 5.41) is 4.28. The zero-order valence-corrected chi connectivity index (χ0v) is 14.2. The average Bonchev–Trinajstić information content (AvgIpc) is 2.50. The first kappa shape index (κ1) is 16.8. The predicted octanol–water partition coefficient (Wildman–Crippen LogP) is 5.45. The zero-order chi connectivity index (χ0) is 16.0. The molecule has 0 N–H and O–H groups in total. The van der Waals surface area contributed by atoms with Crippen LogP contribution in [0.4, 0.5) is 0 Å². The third kappa shape index (κ3) is 4.74. The van der Waals surface area contributed by atoms with Crippen molar-refractivity contribution >= 4 is 22.9 Å². The van der Waals surface area contributed by atoms with Crippen LogP contribution in [-0.2, 0) is 4.84 Å². The van der Waals surface area contributed by atoms with Crippen molar-refractivity contribution in [3.63, 3.8) is 0 Å². The number of hydrogen-bond donors (Lipinski definition) is 0. The number of rotatable bonds is 6. The quantitative estimate of drug-likeness (QED) is 0.388. The van der Waals surface area contributed by atoms with E-state index in [-0.39, 0.29) is 5.41 Å². The molecule has 0 unspecified atom stereocenters. The summed E-state index contributed by atoms with van der Waals surface area (Å²) in [4.78, 5) is 5.37.